The number of fused-ring (bicyclic) bond motifs is 2. The third-order valence-corrected chi connectivity index (χ3v) is 10.2. The van der Waals surface area contributed by atoms with Crippen molar-refractivity contribution in [1.82, 2.24) is 29.7 Å². The van der Waals surface area contributed by atoms with Gasteiger partial charge in [0.25, 0.3) is 0 Å². The molecule has 2 aromatic heterocycles. The van der Waals surface area contributed by atoms with E-state index in [0.29, 0.717) is 32.2 Å². The molecular weight excluding hydrogens is 730 g/mol. The van der Waals surface area contributed by atoms with Crippen molar-refractivity contribution in [3.05, 3.63) is 69.2 Å². The lowest BCUT2D eigenvalue weighted by atomic mass is 9.97. The highest BCUT2D eigenvalue weighted by atomic mass is 35.5. The van der Waals surface area contributed by atoms with Gasteiger partial charge in [-0.2, -0.15) is 0 Å². The molecule has 6 N–H and O–H groups in total. The molecule has 0 spiro atoms. The molecule has 2 aliphatic rings. The molecule has 12 nitrogen and oxygen atoms in total. The molecule has 0 unspecified atom stereocenters. The Morgan fingerprint density at radius 2 is 1.12 bits per heavy atom. The summed E-state index contributed by atoms with van der Waals surface area (Å²) in [6.45, 7) is 3.73. The quantitative estimate of drug-likeness (QED) is 0.102. The fourth-order valence-electron chi connectivity index (χ4n) is 6.07. The van der Waals surface area contributed by atoms with Gasteiger partial charge in [0.15, 0.2) is 0 Å². The van der Waals surface area contributed by atoms with Crippen molar-refractivity contribution in [3.8, 4) is 0 Å². The van der Waals surface area contributed by atoms with Crippen LogP contribution in [-0.2, 0) is 22.7 Å². The van der Waals surface area contributed by atoms with E-state index in [4.69, 9.17) is 56.6 Å². The molecular formula is C34H42Cl4N6O6. The number of carbonyl (C=O) groups is 2. The Morgan fingerprint density at radius 3 is 1.48 bits per heavy atom. The van der Waals surface area contributed by atoms with E-state index in [1.807, 2.05) is 12.1 Å². The van der Waals surface area contributed by atoms with E-state index >= 15 is 0 Å². The molecule has 0 radical (unpaired) electrons. The highest BCUT2D eigenvalue weighted by Gasteiger charge is 2.23. The first kappa shape index (κ1) is 39.8. The number of aliphatic carboxylic acids is 2. The first-order valence-electron chi connectivity index (χ1n) is 16.5. The van der Waals surface area contributed by atoms with Gasteiger partial charge in [-0.25, -0.2) is 19.6 Å². The van der Waals surface area contributed by atoms with Gasteiger partial charge >= 0.3 is 11.9 Å². The minimum Gasteiger partial charge on any atom is -0.478 e. The van der Waals surface area contributed by atoms with E-state index in [0.717, 1.165) is 99.6 Å². The van der Waals surface area contributed by atoms with Crippen LogP contribution in [-0.4, -0.2) is 88.8 Å². The number of aromatic nitrogens is 4. The molecule has 0 amide bonds. The van der Waals surface area contributed by atoms with Gasteiger partial charge in [-0.3, -0.25) is 0 Å². The molecule has 2 aliphatic heterocycles. The van der Waals surface area contributed by atoms with Crippen LogP contribution >= 0.6 is 46.4 Å². The molecule has 4 aromatic rings. The average molecular weight is 773 g/mol. The number of carboxylic acid groups (broad SMARTS) is 2. The first-order valence-corrected chi connectivity index (χ1v) is 18.0. The monoisotopic (exact) mass is 770 g/mol. The Balaban J connectivity index is 0.000000186. The maximum atomic E-state index is 9.95. The minimum atomic E-state index is -1.26. The number of hydrogen-bond acceptors (Lipinski definition) is 8. The molecule has 4 heterocycles. The summed E-state index contributed by atoms with van der Waals surface area (Å²) in [7, 11) is 0. The number of aliphatic hydroxyl groups is 2. The lowest BCUT2D eigenvalue weighted by Crippen LogP contribution is -2.44. The molecule has 4 atom stereocenters. The highest BCUT2D eigenvalue weighted by Crippen LogP contribution is 2.31. The normalized spacial score (nSPS) is 20.7. The second-order valence-electron chi connectivity index (χ2n) is 12.2. The standard InChI is InChI=1S/2C15H19Cl2N3O.C4H4O4/c2*16-10-5-6-12-15(14(10)17)19-9-20(12)8-2-3-11-13(21)4-1-7-18-11;5-3(6)1-2-4(7)8/h2*5-6,9,11,13,18,21H,1-4,7-8H2;1-2H,(H,5,6)(H,7,8)/b;;2-1-/t2*11-,13+;/m11./s1. The highest BCUT2D eigenvalue weighted by molar-refractivity contribution is 6.45. The second-order valence-corrected chi connectivity index (χ2v) is 13.7. The number of aliphatic hydroxyl groups excluding tert-OH is 2. The number of hydrogen-bond donors (Lipinski definition) is 6. The number of halogens is 4. The summed E-state index contributed by atoms with van der Waals surface area (Å²) >= 11 is 24.3. The van der Waals surface area contributed by atoms with Gasteiger partial charge in [0.05, 0.1) is 56.0 Å². The van der Waals surface area contributed by atoms with Crippen LogP contribution in [0.1, 0.15) is 51.4 Å². The van der Waals surface area contributed by atoms with Crippen LogP contribution in [0.3, 0.4) is 0 Å². The molecule has 0 saturated carbocycles. The zero-order valence-corrected chi connectivity index (χ0v) is 30.3. The van der Waals surface area contributed by atoms with Crippen LogP contribution < -0.4 is 10.6 Å². The van der Waals surface area contributed by atoms with Gasteiger partial charge in [0.1, 0.15) is 11.0 Å². The Hall–Kier alpha value is -2.94. The van der Waals surface area contributed by atoms with E-state index in [1.54, 1.807) is 24.8 Å². The fraction of sp³-hybridized carbons (Fsp3) is 0.471. The smallest absolute Gasteiger partial charge is 0.328 e. The lowest BCUT2D eigenvalue weighted by Gasteiger charge is -2.29. The van der Waals surface area contributed by atoms with Crippen LogP contribution in [0.5, 0.6) is 0 Å². The first-order chi connectivity index (χ1) is 24.0. The minimum absolute atomic E-state index is 0.214. The van der Waals surface area contributed by atoms with E-state index in [2.05, 4.69) is 29.7 Å². The van der Waals surface area contributed by atoms with Crippen molar-refractivity contribution < 1.29 is 30.0 Å². The topological polar surface area (TPSA) is 175 Å². The maximum absolute atomic E-state index is 9.95. The molecule has 0 aliphatic carbocycles. The molecule has 2 fully saturated rings. The Bertz CT molecular complexity index is 1640. The SMILES string of the molecule is O=C(O)/C=C\C(=O)O.O[C@H]1CCCN[C@@H]1CCCn1cnc2c(Cl)c(Cl)ccc21.O[C@H]1CCCN[C@@H]1CCCn1cnc2c(Cl)c(Cl)ccc21. The van der Waals surface area contributed by atoms with Crippen LogP contribution in [0.25, 0.3) is 22.1 Å². The van der Waals surface area contributed by atoms with Crippen molar-refractivity contribution in [2.75, 3.05) is 13.1 Å². The third kappa shape index (κ3) is 11.3. The van der Waals surface area contributed by atoms with Gasteiger partial charge in [0.2, 0.25) is 0 Å². The molecule has 2 aromatic carbocycles. The van der Waals surface area contributed by atoms with Crippen LogP contribution in [0.2, 0.25) is 20.1 Å². The predicted molar refractivity (Wildman–Crippen MR) is 196 cm³/mol. The van der Waals surface area contributed by atoms with Crippen molar-refractivity contribution >= 4 is 80.4 Å². The largest absolute Gasteiger partial charge is 0.478 e. The Labute approximate surface area is 310 Å². The molecule has 2 saturated heterocycles. The van der Waals surface area contributed by atoms with Crippen LogP contribution in [0.15, 0.2) is 49.1 Å². The number of benzene rings is 2. The molecule has 6 rings (SSSR count). The van der Waals surface area contributed by atoms with Crippen LogP contribution in [0.4, 0.5) is 0 Å². The number of nitrogens with zero attached hydrogens (tertiary/aromatic N) is 4. The molecule has 0 bridgehead atoms. The van der Waals surface area contributed by atoms with Gasteiger partial charge in [-0.15, -0.1) is 0 Å². The summed E-state index contributed by atoms with van der Waals surface area (Å²) in [5, 5.41) is 44.4. The third-order valence-electron chi connectivity index (χ3n) is 8.66. The summed E-state index contributed by atoms with van der Waals surface area (Å²) in [5.41, 5.74) is 3.50. The number of aryl methyl sites for hydroxylation is 2. The Kier molecular flexibility index (Phi) is 15.6. The van der Waals surface area contributed by atoms with Gasteiger partial charge in [-0.05, 0) is 88.7 Å². The maximum Gasteiger partial charge on any atom is 0.328 e. The predicted octanol–water partition coefficient (Wildman–Crippen LogP) is 6.18. The van der Waals surface area contributed by atoms with E-state index < -0.39 is 11.9 Å². The Morgan fingerprint density at radius 1 is 0.720 bits per heavy atom. The van der Waals surface area contributed by atoms with Crippen molar-refractivity contribution in [3.63, 3.8) is 0 Å². The summed E-state index contributed by atoms with van der Waals surface area (Å²) in [5.74, 6) is -2.51. The van der Waals surface area contributed by atoms with Gasteiger partial charge in [-0.1, -0.05) is 46.4 Å². The average Bonchev–Trinajstić information content (AvgIpc) is 3.71. The number of imidazole rings is 2. The molecule has 272 valence electrons. The second kappa shape index (κ2) is 19.6. The number of rotatable bonds is 10. The fourth-order valence-corrected chi connectivity index (χ4v) is 6.79. The van der Waals surface area contributed by atoms with Gasteiger partial charge < -0.3 is 40.2 Å². The van der Waals surface area contributed by atoms with E-state index in [1.165, 1.54) is 0 Å². The summed E-state index contributed by atoms with van der Waals surface area (Å²) in [6.07, 6.45) is 12.1. The zero-order chi connectivity index (χ0) is 36.2. The van der Waals surface area contributed by atoms with E-state index in [-0.39, 0.29) is 24.3 Å². The number of nitrogens with one attached hydrogen (secondary N) is 2. The zero-order valence-electron chi connectivity index (χ0n) is 27.3. The van der Waals surface area contributed by atoms with Crippen LogP contribution in [0, 0.1) is 0 Å². The lowest BCUT2D eigenvalue weighted by molar-refractivity contribution is -0.134. The number of carboxylic acids is 2. The van der Waals surface area contributed by atoms with E-state index in [9.17, 15) is 19.8 Å². The summed E-state index contributed by atoms with van der Waals surface area (Å²) < 4.78 is 4.18. The van der Waals surface area contributed by atoms with Gasteiger partial charge in [0, 0.05) is 37.3 Å². The summed E-state index contributed by atoms with van der Waals surface area (Å²) in [4.78, 5) is 27.8. The van der Waals surface area contributed by atoms with Crippen molar-refractivity contribution in [1.29, 1.82) is 0 Å². The van der Waals surface area contributed by atoms with Crippen molar-refractivity contribution in [2.45, 2.75) is 88.7 Å². The molecule has 16 heteroatoms. The number of piperidine rings is 2. The molecule has 50 heavy (non-hydrogen) atoms. The summed E-state index contributed by atoms with van der Waals surface area (Å²) in [6, 6.07) is 7.93. The van der Waals surface area contributed by atoms with Crippen molar-refractivity contribution in [2.24, 2.45) is 0 Å².